The molecular formula is C25H25F3N2O4. The molecule has 0 bridgehead atoms. The van der Waals surface area contributed by atoms with Crippen molar-refractivity contribution in [2.45, 2.75) is 45.7 Å². The van der Waals surface area contributed by atoms with Crippen LogP contribution in [0.5, 0.6) is 0 Å². The second kappa shape index (κ2) is 9.79. The zero-order valence-corrected chi connectivity index (χ0v) is 19.0. The van der Waals surface area contributed by atoms with Crippen LogP contribution in [0.3, 0.4) is 0 Å². The molecule has 0 saturated heterocycles. The van der Waals surface area contributed by atoms with E-state index in [0.717, 1.165) is 46.5 Å². The van der Waals surface area contributed by atoms with Gasteiger partial charge < -0.3 is 5.32 Å². The molecule has 1 aliphatic rings. The number of nitrogens with one attached hydrogen (secondary N) is 2. The van der Waals surface area contributed by atoms with Gasteiger partial charge in [-0.2, -0.15) is 13.2 Å². The molecule has 1 aliphatic carbocycles. The quantitative estimate of drug-likeness (QED) is 0.629. The summed E-state index contributed by atoms with van der Waals surface area (Å²) in [5.74, 6) is -2.52. The summed E-state index contributed by atoms with van der Waals surface area (Å²) in [6.45, 7) is 5.75. The lowest BCUT2D eigenvalue weighted by atomic mass is 9.86. The van der Waals surface area contributed by atoms with Crippen molar-refractivity contribution < 1.29 is 32.3 Å². The van der Waals surface area contributed by atoms with Gasteiger partial charge in [-0.3, -0.25) is 19.7 Å². The van der Waals surface area contributed by atoms with Crippen molar-refractivity contribution in [2.24, 2.45) is 5.92 Å². The Morgan fingerprint density at radius 1 is 1.00 bits per heavy atom. The molecule has 34 heavy (non-hydrogen) atoms. The highest BCUT2D eigenvalue weighted by atomic mass is 19.4. The second-order valence-corrected chi connectivity index (χ2v) is 8.59. The summed E-state index contributed by atoms with van der Waals surface area (Å²) in [4.78, 5) is 49.7. The number of carbonyl (C=O) groups excluding carboxylic acids is 4. The van der Waals surface area contributed by atoms with Gasteiger partial charge in [0, 0.05) is 24.4 Å². The Bertz CT molecular complexity index is 1120. The first-order valence-corrected chi connectivity index (χ1v) is 10.8. The van der Waals surface area contributed by atoms with Crippen molar-refractivity contribution in [1.82, 2.24) is 10.6 Å². The maximum Gasteiger partial charge on any atom is 0.416 e. The highest BCUT2D eigenvalue weighted by Gasteiger charge is 2.42. The van der Waals surface area contributed by atoms with Crippen molar-refractivity contribution in [3.05, 3.63) is 69.8 Å². The van der Waals surface area contributed by atoms with Gasteiger partial charge in [-0.25, -0.2) is 4.79 Å². The second-order valence-electron chi connectivity index (χ2n) is 8.59. The average molecular weight is 474 g/mol. The van der Waals surface area contributed by atoms with Gasteiger partial charge in [-0.05, 0) is 68.1 Å². The standard InChI is InChI=1S/C25H25F3N2O4/c1-13-10-14(2)20(15(3)11-13)21-19(31)12-17(22(21)32)8-9-29-24(34)30-23(33)16-4-6-18(7-5-16)25(26,27)28/h4-7,10-11,17,21H,8-9,12H2,1-3H3,(H2,29,30,33,34). The van der Waals surface area contributed by atoms with Gasteiger partial charge >= 0.3 is 12.2 Å². The van der Waals surface area contributed by atoms with Gasteiger partial charge in [0.25, 0.3) is 5.91 Å². The summed E-state index contributed by atoms with van der Waals surface area (Å²) in [6.07, 6.45) is -4.21. The summed E-state index contributed by atoms with van der Waals surface area (Å²) < 4.78 is 37.8. The van der Waals surface area contributed by atoms with Crippen molar-refractivity contribution >= 4 is 23.5 Å². The van der Waals surface area contributed by atoms with Gasteiger partial charge in [0.1, 0.15) is 11.7 Å². The van der Waals surface area contributed by atoms with Crippen molar-refractivity contribution in [3.63, 3.8) is 0 Å². The van der Waals surface area contributed by atoms with Crippen LogP contribution in [0.25, 0.3) is 0 Å². The zero-order valence-electron chi connectivity index (χ0n) is 19.0. The molecule has 0 heterocycles. The average Bonchev–Trinajstić information content (AvgIpc) is 3.00. The van der Waals surface area contributed by atoms with Crippen LogP contribution >= 0.6 is 0 Å². The summed E-state index contributed by atoms with van der Waals surface area (Å²) in [5, 5.41) is 4.48. The predicted molar refractivity (Wildman–Crippen MR) is 118 cm³/mol. The number of amides is 3. The number of rotatable bonds is 5. The maximum atomic E-state index is 13.0. The molecule has 2 atom stereocenters. The summed E-state index contributed by atoms with van der Waals surface area (Å²) in [5.41, 5.74) is 2.57. The molecule has 2 unspecified atom stereocenters. The Morgan fingerprint density at radius 3 is 2.15 bits per heavy atom. The fraction of sp³-hybridized carbons (Fsp3) is 0.360. The van der Waals surface area contributed by atoms with Crippen molar-refractivity contribution in [3.8, 4) is 0 Å². The first-order chi connectivity index (χ1) is 15.9. The van der Waals surface area contributed by atoms with E-state index in [1.807, 2.05) is 38.2 Å². The summed E-state index contributed by atoms with van der Waals surface area (Å²) >= 11 is 0. The zero-order chi connectivity index (χ0) is 25.2. The minimum absolute atomic E-state index is 0.0500. The number of alkyl halides is 3. The molecule has 3 amide bonds. The van der Waals surface area contributed by atoms with Gasteiger partial charge in [0.15, 0.2) is 5.78 Å². The van der Waals surface area contributed by atoms with Crippen LogP contribution in [-0.2, 0) is 15.8 Å². The predicted octanol–water partition coefficient (Wildman–Crippen LogP) is 4.40. The smallest absolute Gasteiger partial charge is 0.338 e. The monoisotopic (exact) mass is 474 g/mol. The van der Waals surface area contributed by atoms with E-state index in [1.54, 1.807) is 0 Å². The van der Waals surface area contributed by atoms with Crippen LogP contribution in [0.15, 0.2) is 36.4 Å². The molecule has 180 valence electrons. The Labute approximate surface area is 194 Å². The van der Waals surface area contributed by atoms with Crippen LogP contribution in [0.1, 0.15) is 56.9 Å². The topological polar surface area (TPSA) is 92.3 Å². The fourth-order valence-corrected chi connectivity index (χ4v) is 4.44. The third-order valence-corrected chi connectivity index (χ3v) is 5.96. The van der Waals surface area contributed by atoms with Gasteiger partial charge in [-0.1, -0.05) is 17.7 Å². The highest BCUT2D eigenvalue weighted by Crippen LogP contribution is 2.37. The number of Topliss-reactive ketones (excluding diaryl/α,β-unsaturated/α-hetero) is 2. The van der Waals surface area contributed by atoms with E-state index >= 15 is 0 Å². The number of hydrogen-bond acceptors (Lipinski definition) is 4. The maximum absolute atomic E-state index is 13.0. The third kappa shape index (κ3) is 5.52. The molecule has 6 nitrogen and oxygen atoms in total. The van der Waals surface area contributed by atoms with Crippen LogP contribution in [-0.4, -0.2) is 30.0 Å². The SMILES string of the molecule is Cc1cc(C)c(C2C(=O)CC(CCNC(=O)NC(=O)c3ccc(C(F)(F)F)cc3)C2=O)c(C)c1. The number of urea groups is 1. The summed E-state index contributed by atoms with van der Waals surface area (Å²) in [6, 6.07) is 6.49. The first-order valence-electron chi connectivity index (χ1n) is 10.8. The number of imide groups is 1. The minimum atomic E-state index is -4.53. The fourth-order valence-electron chi connectivity index (χ4n) is 4.44. The van der Waals surface area contributed by atoms with Gasteiger partial charge in [0.05, 0.1) is 5.56 Å². The van der Waals surface area contributed by atoms with E-state index in [2.05, 4.69) is 5.32 Å². The molecular weight excluding hydrogens is 449 g/mol. The molecule has 2 aromatic carbocycles. The molecule has 0 aliphatic heterocycles. The number of ketones is 2. The van der Waals surface area contributed by atoms with Crippen LogP contribution in [0, 0.1) is 26.7 Å². The van der Waals surface area contributed by atoms with E-state index in [0.29, 0.717) is 0 Å². The van der Waals surface area contributed by atoms with Crippen LogP contribution < -0.4 is 10.6 Å². The number of benzene rings is 2. The molecule has 1 fully saturated rings. The van der Waals surface area contributed by atoms with Crippen LogP contribution in [0.4, 0.5) is 18.0 Å². The largest absolute Gasteiger partial charge is 0.416 e. The Morgan fingerprint density at radius 2 is 1.59 bits per heavy atom. The number of hydrogen-bond donors (Lipinski definition) is 2. The Balaban J connectivity index is 1.53. The molecule has 0 spiro atoms. The van der Waals surface area contributed by atoms with Crippen molar-refractivity contribution in [1.29, 1.82) is 0 Å². The minimum Gasteiger partial charge on any atom is -0.338 e. The van der Waals surface area contributed by atoms with E-state index < -0.39 is 35.5 Å². The molecule has 2 aromatic rings. The lowest BCUT2D eigenvalue weighted by Gasteiger charge is -2.16. The molecule has 0 radical (unpaired) electrons. The molecule has 0 aromatic heterocycles. The lowest BCUT2D eigenvalue weighted by Crippen LogP contribution is -2.40. The molecule has 2 N–H and O–H groups in total. The van der Waals surface area contributed by atoms with E-state index in [-0.39, 0.29) is 36.5 Å². The number of halogens is 3. The van der Waals surface area contributed by atoms with Gasteiger partial charge in [0.2, 0.25) is 0 Å². The number of carbonyl (C=O) groups is 4. The third-order valence-electron chi connectivity index (χ3n) is 5.96. The molecule has 9 heteroatoms. The van der Waals surface area contributed by atoms with Crippen LogP contribution in [0.2, 0.25) is 0 Å². The normalized spacial score (nSPS) is 18.2. The van der Waals surface area contributed by atoms with Gasteiger partial charge in [-0.15, -0.1) is 0 Å². The lowest BCUT2D eigenvalue weighted by molar-refractivity contribution is -0.137. The van der Waals surface area contributed by atoms with E-state index in [4.69, 9.17) is 0 Å². The van der Waals surface area contributed by atoms with Crippen molar-refractivity contribution in [2.75, 3.05) is 6.54 Å². The number of aryl methyl sites for hydroxylation is 3. The highest BCUT2D eigenvalue weighted by molar-refractivity contribution is 6.15. The van der Waals surface area contributed by atoms with E-state index in [9.17, 15) is 32.3 Å². The van der Waals surface area contributed by atoms with E-state index in [1.165, 1.54) is 0 Å². The Hall–Kier alpha value is -3.49. The molecule has 1 saturated carbocycles. The summed E-state index contributed by atoms with van der Waals surface area (Å²) in [7, 11) is 0. The molecule has 3 rings (SSSR count). The Kier molecular flexibility index (Phi) is 7.24. The first kappa shape index (κ1) is 25.1.